The van der Waals surface area contributed by atoms with Gasteiger partial charge in [-0.05, 0) is 55.9 Å². The lowest BCUT2D eigenvalue weighted by atomic mass is 9.86. The van der Waals surface area contributed by atoms with Crippen molar-refractivity contribution in [1.82, 2.24) is 10.4 Å². The minimum absolute atomic E-state index is 0.130. The van der Waals surface area contributed by atoms with Crippen molar-refractivity contribution < 1.29 is 19.2 Å². The van der Waals surface area contributed by atoms with Gasteiger partial charge in [-0.15, -0.1) is 0 Å². The summed E-state index contributed by atoms with van der Waals surface area (Å²) in [5.41, 5.74) is 3.09. The number of nitrogens with zero attached hydrogens (tertiary/aromatic N) is 1. The van der Waals surface area contributed by atoms with Gasteiger partial charge < -0.3 is 9.64 Å². The average Bonchev–Trinajstić information content (AvgIpc) is 3.06. The highest BCUT2D eigenvalue weighted by atomic mass is 16.7. The predicted octanol–water partition coefficient (Wildman–Crippen LogP) is 2.15. The predicted molar refractivity (Wildman–Crippen MR) is 88.5 cm³/mol. The van der Waals surface area contributed by atoms with E-state index in [0.717, 1.165) is 6.42 Å². The zero-order valence-electron chi connectivity index (χ0n) is 14.0. The molecule has 1 aromatic carbocycles. The van der Waals surface area contributed by atoms with Crippen molar-refractivity contribution in [2.24, 2.45) is 5.92 Å². The molecule has 0 aromatic heterocycles. The molecule has 0 spiro atoms. The number of rotatable bonds is 6. The average molecular weight is 332 g/mol. The van der Waals surface area contributed by atoms with Gasteiger partial charge in [0.25, 0.3) is 11.8 Å². The maximum Gasteiger partial charge on any atom is 0.266 e. The van der Waals surface area contributed by atoms with Crippen LogP contribution in [0.2, 0.25) is 0 Å². The Morgan fingerprint density at radius 2 is 1.92 bits per heavy atom. The van der Waals surface area contributed by atoms with Gasteiger partial charge in [-0.1, -0.05) is 6.42 Å². The van der Waals surface area contributed by atoms with E-state index in [9.17, 15) is 9.59 Å². The number of amides is 2. The van der Waals surface area contributed by atoms with Crippen LogP contribution >= 0.6 is 0 Å². The number of hydrogen-bond donors (Lipinski definition) is 1. The van der Waals surface area contributed by atoms with Crippen LogP contribution in [0.3, 0.4) is 0 Å². The fourth-order valence-corrected chi connectivity index (χ4v) is 3.14. The molecule has 1 aliphatic carbocycles. The lowest BCUT2D eigenvalue weighted by Gasteiger charge is -2.26. The molecule has 24 heavy (non-hydrogen) atoms. The standard InChI is InChI=1S/C18H24N2O4/c1-23-15-9-7-14(8-10-15)18(22)20-11-3-6-16(20)17(21)19-24-12-13-4-2-5-13/h7-10,13,16H,2-6,11-12H2,1H3,(H,19,21). The fraction of sp³-hybridized carbons (Fsp3) is 0.556. The summed E-state index contributed by atoms with van der Waals surface area (Å²) in [4.78, 5) is 31.9. The highest BCUT2D eigenvalue weighted by molar-refractivity contribution is 5.97. The van der Waals surface area contributed by atoms with Crippen LogP contribution in [-0.4, -0.2) is 43.0 Å². The Labute approximate surface area is 142 Å². The van der Waals surface area contributed by atoms with Gasteiger partial charge >= 0.3 is 0 Å². The minimum atomic E-state index is -0.457. The summed E-state index contributed by atoms with van der Waals surface area (Å²) in [6.07, 6.45) is 5.07. The maximum absolute atomic E-state index is 12.7. The molecule has 130 valence electrons. The third-order valence-electron chi connectivity index (χ3n) is 4.87. The summed E-state index contributed by atoms with van der Waals surface area (Å²) in [5.74, 6) is 0.903. The number of carbonyl (C=O) groups excluding carboxylic acids is 2. The first-order chi connectivity index (χ1) is 11.7. The van der Waals surface area contributed by atoms with Crippen molar-refractivity contribution >= 4 is 11.8 Å². The molecule has 2 aliphatic rings. The zero-order chi connectivity index (χ0) is 16.9. The van der Waals surface area contributed by atoms with E-state index in [1.54, 1.807) is 36.3 Å². The number of benzene rings is 1. The quantitative estimate of drug-likeness (QED) is 0.811. The Balaban J connectivity index is 1.56. The number of hydrogen-bond acceptors (Lipinski definition) is 4. The molecule has 2 amide bonds. The summed E-state index contributed by atoms with van der Waals surface area (Å²) in [6, 6.07) is 6.49. The first-order valence-corrected chi connectivity index (χ1v) is 8.55. The van der Waals surface area contributed by atoms with Gasteiger partial charge in [-0.25, -0.2) is 5.48 Å². The van der Waals surface area contributed by atoms with Crippen LogP contribution in [0.5, 0.6) is 5.75 Å². The van der Waals surface area contributed by atoms with Crippen LogP contribution in [0.4, 0.5) is 0 Å². The molecule has 1 aromatic rings. The molecule has 6 nitrogen and oxygen atoms in total. The summed E-state index contributed by atoms with van der Waals surface area (Å²) in [7, 11) is 1.58. The van der Waals surface area contributed by atoms with E-state index in [1.165, 1.54) is 19.3 Å². The Hall–Kier alpha value is -2.08. The molecule has 1 saturated heterocycles. The summed E-state index contributed by atoms with van der Waals surface area (Å²) < 4.78 is 5.11. The summed E-state index contributed by atoms with van der Waals surface area (Å²) >= 11 is 0. The Morgan fingerprint density at radius 3 is 2.54 bits per heavy atom. The smallest absolute Gasteiger partial charge is 0.266 e. The molecule has 1 heterocycles. The molecule has 2 fully saturated rings. The van der Waals surface area contributed by atoms with Crippen molar-refractivity contribution in [2.75, 3.05) is 20.3 Å². The number of hydroxylamine groups is 1. The second-order valence-electron chi connectivity index (χ2n) is 6.46. The molecule has 1 N–H and O–H groups in total. The van der Waals surface area contributed by atoms with Crippen molar-refractivity contribution in [2.45, 2.75) is 38.1 Å². The highest BCUT2D eigenvalue weighted by Crippen LogP contribution is 2.26. The van der Waals surface area contributed by atoms with Crippen LogP contribution < -0.4 is 10.2 Å². The number of methoxy groups -OCH3 is 1. The molecule has 3 rings (SSSR count). The number of likely N-dealkylation sites (tertiary alicyclic amines) is 1. The molecule has 0 bridgehead atoms. The first kappa shape index (κ1) is 16.8. The van der Waals surface area contributed by atoms with E-state index in [1.807, 2.05) is 0 Å². The molecule has 6 heteroatoms. The van der Waals surface area contributed by atoms with Gasteiger partial charge in [0.1, 0.15) is 11.8 Å². The molecule has 1 unspecified atom stereocenters. The lowest BCUT2D eigenvalue weighted by molar-refractivity contribution is -0.139. The van der Waals surface area contributed by atoms with Crippen molar-refractivity contribution in [1.29, 1.82) is 0 Å². The second-order valence-corrected chi connectivity index (χ2v) is 6.46. The molecular formula is C18H24N2O4. The van der Waals surface area contributed by atoms with Crippen LogP contribution in [0.25, 0.3) is 0 Å². The highest BCUT2D eigenvalue weighted by Gasteiger charge is 2.34. The van der Waals surface area contributed by atoms with Crippen LogP contribution in [0.1, 0.15) is 42.5 Å². The van der Waals surface area contributed by atoms with E-state index in [2.05, 4.69) is 5.48 Å². The monoisotopic (exact) mass is 332 g/mol. The van der Waals surface area contributed by atoms with E-state index < -0.39 is 6.04 Å². The zero-order valence-corrected chi connectivity index (χ0v) is 14.0. The van der Waals surface area contributed by atoms with Crippen LogP contribution in [0, 0.1) is 5.92 Å². The van der Waals surface area contributed by atoms with Crippen molar-refractivity contribution in [3.63, 3.8) is 0 Å². The second kappa shape index (κ2) is 7.66. The number of carbonyl (C=O) groups is 2. The van der Waals surface area contributed by atoms with Crippen LogP contribution in [-0.2, 0) is 9.63 Å². The van der Waals surface area contributed by atoms with E-state index in [0.29, 0.717) is 36.8 Å². The first-order valence-electron chi connectivity index (χ1n) is 8.55. The van der Waals surface area contributed by atoms with Gasteiger partial charge in [0.05, 0.1) is 13.7 Å². The maximum atomic E-state index is 12.7. The molecule has 0 radical (unpaired) electrons. The van der Waals surface area contributed by atoms with Gasteiger partial charge in [-0.3, -0.25) is 14.4 Å². The minimum Gasteiger partial charge on any atom is -0.497 e. The SMILES string of the molecule is COc1ccc(C(=O)N2CCCC2C(=O)NOCC2CCC2)cc1. The van der Waals surface area contributed by atoms with E-state index in [-0.39, 0.29) is 11.8 Å². The van der Waals surface area contributed by atoms with E-state index in [4.69, 9.17) is 9.57 Å². The van der Waals surface area contributed by atoms with Crippen molar-refractivity contribution in [3.8, 4) is 5.75 Å². The number of ether oxygens (including phenoxy) is 1. The van der Waals surface area contributed by atoms with Gasteiger partial charge in [0.2, 0.25) is 0 Å². The van der Waals surface area contributed by atoms with Crippen LogP contribution in [0.15, 0.2) is 24.3 Å². The Morgan fingerprint density at radius 1 is 1.17 bits per heavy atom. The third-order valence-corrected chi connectivity index (χ3v) is 4.87. The fourth-order valence-electron chi connectivity index (χ4n) is 3.14. The largest absolute Gasteiger partial charge is 0.497 e. The molecule has 1 atom stereocenters. The van der Waals surface area contributed by atoms with Crippen molar-refractivity contribution in [3.05, 3.63) is 29.8 Å². The molecule has 1 saturated carbocycles. The van der Waals surface area contributed by atoms with Gasteiger partial charge in [0.15, 0.2) is 0 Å². The van der Waals surface area contributed by atoms with E-state index >= 15 is 0 Å². The lowest BCUT2D eigenvalue weighted by Crippen LogP contribution is -2.46. The Kier molecular flexibility index (Phi) is 5.35. The summed E-state index contributed by atoms with van der Waals surface area (Å²) in [5, 5.41) is 0. The molecular weight excluding hydrogens is 308 g/mol. The van der Waals surface area contributed by atoms with Gasteiger partial charge in [-0.2, -0.15) is 0 Å². The molecule has 1 aliphatic heterocycles. The normalized spacial score (nSPS) is 20.5. The summed E-state index contributed by atoms with van der Waals surface area (Å²) in [6.45, 7) is 1.15. The van der Waals surface area contributed by atoms with Gasteiger partial charge in [0, 0.05) is 12.1 Å². The topological polar surface area (TPSA) is 67.9 Å². The third kappa shape index (κ3) is 3.70. The Bertz CT molecular complexity index is 583. The number of nitrogens with one attached hydrogen (secondary N) is 1.